The predicted octanol–water partition coefficient (Wildman–Crippen LogP) is 1.12. The van der Waals surface area contributed by atoms with E-state index in [9.17, 15) is 19.2 Å². The number of ketones is 1. The second kappa shape index (κ2) is 27.4. The van der Waals surface area contributed by atoms with E-state index in [1.807, 2.05) is 0 Å². The Balaban J connectivity index is 1.72. The number of anilines is 1. The quantitative estimate of drug-likeness (QED) is 0.0699. The van der Waals surface area contributed by atoms with Gasteiger partial charge in [-0.2, -0.15) is 0 Å². The number of rotatable bonds is 30. The highest BCUT2D eigenvalue weighted by atomic mass is 16.6. The first-order chi connectivity index (χ1) is 21.4. The number of benzene rings is 1. The summed E-state index contributed by atoms with van der Waals surface area (Å²) in [7, 11) is 0. The van der Waals surface area contributed by atoms with Crippen molar-refractivity contribution in [2.24, 2.45) is 0 Å². The maximum absolute atomic E-state index is 11.3. The highest BCUT2D eigenvalue weighted by Gasteiger charge is 2.14. The average molecular weight is 632 g/mol. The minimum atomic E-state index is -1.57. The molecule has 15 nitrogen and oxygen atoms in total. The van der Waals surface area contributed by atoms with Crippen molar-refractivity contribution in [3.63, 3.8) is 0 Å². The highest BCUT2D eigenvalue weighted by molar-refractivity contribution is 6.32. The van der Waals surface area contributed by atoms with Crippen molar-refractivity contribution in [3.05, 3.63) is 24.3 Å². The Labute approximate surface area is 257 Å². The lowest BCUT2D eigenvalue weighted by molar-refractivity contribution is -0.151. The molecule has 1 rings (SSSR count). The number of amides is 1. The number of carbonyl (C=O) groups excluding carboxylic acids is 3. The van der Waals surface area contributed by atoms with E-state index in [4.69, 9.17) is 47.7 Å². The fourth-order valence-electron chi connectivity index (χ4n) is 3.09. The number of Topliss-reactive ketones (excluding diaryl/α,β-unsaturated/α-hetero) is 1. The van der Waals surface area contributed by atoms with Gasteiger partial charge in [0.1, 0.15) is 19.0 Å². The van der Waals surface area contributed by atoms with E-state index in [1.54, 1.807) is 24.3 Å². The number of carboxylic acids is 1. The molecule has 44 heavy (non-hydrogen) atoms. The van der Waals surface area contributed by atoms with Crippen molar-refractivity contribution in [1.82, 2.24) is 0 Å². The molecule has 0 saturated heterocycles. The summed E-state index contributed by atoms with van der Waals surface area (Å²) in [6.45, 7) is 7.56. The van der Waals surface area contributed by atoms with E-state index in [-0.39, 0.29) is 32.0 Å². The number of esters is 1. The molecule has 0 saturated carbocycles. The lowest BCUT2D eigenvalue weighted by Crippen LogP contribution is -2.17. The lowest BCUT2D eigenvalue weighted by atomic mass is 10.2. The standard InChI is InChI=1S/C29H45NO14/c1-24(31)30-25-2-4-26(5-3-25)43-22-20-41-18-16-39-14-12-37-10-8-36-9-11-38-13-15-40-17-19-42-21-23-44-28(33)7-6-27(32)29(34)35/h2-5H,6-23H2,1H3,(H,30,31)(H,34,35). The van der Waals surface area contributed by atoms with Gasteiger partial charge in [-0.3, -0.25) is 14.4 Å². The van der Waals surface area contributed by atoms with E-state index in [2.05, 4.69) is 5.32 Å². The third kappa shape index (κ3) is 24.3. The van der Waals surface area contributed by atoms with Gasteiger partial charge < -0.3 is 53.1 Å². The largest absolute Gasteiger partial charge is 0.491 e. The first-order valence-corrected chi connectivity index (χ1v) is 14.3. The average Bonchev–Trinajstić information content (AvgIpc) is 3.00. The number of hydrogen-bond donors (Lipinski definition) is 2. The first-order valence-electron chi connectivity index (χ1n) is 14.3. The second-order valence-corrected chi connectivity index (χ2v) is 8.79. The van der Waals surface area contributed by atoms with Crippen LogP contribution in [0, 0.1) is 0 Å². The van der Waals surface area contributed by atoms with Crippen molar-refractivity contribution >= 4 is 29.3 Å². The fourth-order valence-corrected chi connectivity index (χ4v) is 3.09. The molecule has 0 atom stereocenters. The van der Waals surface area contributed by atoms with Crippen LogP contribution in [0.1, 0.15) is 19.8 Å². The van der Waals surface area contributed by atoms with E-state index >= 15 is 0 Å². The number of hydrogen-bond acceptors (Lipinski definition) is 13. The van der Waals surface area contributed by atoms with Crippen LogP contribution < -0.4 is 10.1 Å². The van der Waals surface area contributed by atoms with Crippen molar-refractivity contribution < 1.29 is 66.9 Å². The molecule has 15 heteroatoms. The molecule has 0 bridgehead atoms. The number of ether oxygens (including phenoxy) is 9. The summed E-state index contributed by atoms with van der Waals surface area (Å²) in [5.41, 5.74) is 0.718. The SMILES string of the molecule is CC(=O)Nc1ccc(OCCOCCOCCOCCOCCOCCOCCOCCOC(=O)CCC(=O)C(=O)O)cc1. The van der Waals surface area contributed by atoms with Crippen LogP contribution >= 0.6 is 0 Å². The van der Waals surface area contributed by atoms with Crippen molar-refractivity contribution in [3.8, 4) is 5.75 Å². The zero-order valence-corrected chi connectivity index (χ0v) is 25.3. The van der Waals surface area contributed by atoms with Gasteiger partial charge in [0.15, 0.2) is 0 Å². The van der Waals surface area contributed by atoms with Gasteiger partial charge in [0.2, 0.25) is 11.7 Å². The van der Waals surface area contributed by atoms with Crippen LogP contribution in [0.2, 0.25) is 0 Å². The minimum absolute atomic E-state index is 0.0108. The molecule has 0 fully saturated rings. The van der Waals surface area contributed by atoms with Gasteiger partial charge in [-0.1, -0.05) is 0 Å². The van der Waals surface area contributed by atoms with Gasteiger partial charge in [0.05, 0.1) is 98.9 Å². The zero-order valence-electron chi connectivity index (χ0n) is 25.3. The van der Waals surface area contributed by atoms with E-state index in [0.29, 0.717) is 98.2 Å². The maximum Gasteiger partial charge on any atom is 0.372 e. The number of carbonyl (C=O) groups is 4. The molecular formula is C29H45NO14. The first kappa shape index (κ1) is 38.8. The van der Waals surface area contributed by atoms with Crippen LogP contribution in [0.25, 0.3) is 0 Å². The maximum atomic E-state index is 11.3. The van der Waals surface area contributed by atoms with Crippen molar-refractivity contribution in [2.45, 2.75) is 19.8 Å². The molecule has 0 aliphatic carbocycles. The molecule has 0 radical (unpaired) electrons. The molecule has 0 aromatic heterocycles. The van der Waals surface area contributed by atoms with E-state index < -0.39 is 17.7 Å². The van der Waals surface area contributed by atoms with Crippen LogP contribution in [0.5, 0.6) is 5.75 Å². The van der Waals surface area contributed by atoms with Crippen LogP contribution in [-0.2, 0) is 57.1 Å². The Hall–Kier alpha value is -3.18. The Morgan fingerprint density at radius 3 is 1.34 bits per heavy atom. The fraction of sp³-hybridized carbons (Fsp3) is 0.655. The Bertz CT molecular complexity index is 912. The third-order valence-corrected chi connectivity index (χ3v) is 5.19. The molecule has 0 spiro atoms. The monoisotopic (exact) mass is 631 g/mol. The molecular weight excluding hydrogens is 586 g/mol. The van der Waals surface area contributed by atoms with Crippen LogP contribution in [0.4, 0.5) is 5.69 Å². The van der Waals surface area contributed by atoms with E-state index in [0.717, 1.165) is 5.69 Å². The second-order valence-electron chi connectivity index (χ2n) is 8.79. The molecule has 250 valence electrons. The van der Waals surface area contributed by atoms with Crippen LogP contribution in [0.15, 0.2) is 24.3 Å². The summed E-state index contributed by atoms with van der Waals surface area (Å²) in [4.78, 5) is 43.6. The summed E-state index contributed by atoms with van der Waals surface area (Å²) in [6, 6.07) is 7.11. The molecule has 2 N–H and O–H groups in total. The lowest BCUT2D eigenvalue weighted by Gasteiger charge is -2.09. The molecule has 0 unspecified atom stereocenters. The third-order valence-electron chi connectivity index (χ3n) is 5.19. The summed E-state index contributed by atoms with van der Waals surface area (Å²) in [5.74, 6) is -2.66. The van der Waals surface area contributed by atoms with Gasteiger partial charge in [0.25, 0.3) is 0 Å². The van der Waals surface area contributed by atoms with Crippen LogP contribution in [-0.4, -0.2) is 134 Å². The predicted molar refractivity (Wildman–Crippen MR) is 155 cm³/mol. The molecule has 1 aromatic carbocycles. The Kier molecular flexibility index (Phi) is 24.2. The normalized spacial score (nSPS) is 10.8. The topological polar surface area (TPSA) is 184 Å². The minimum Gasteiger partial charge on any atom is -0.491 e. The summed E-state index contributed by atoms with van der Waals surface area (Å²) < 4.78 is 48.2. The molecule has 0 aliphatic heterocycles. The Morgan fingerprint density at radius 2 is 0.955 bits per heavy atom. The highest BCUT2D eigenvalue weighted by Crippen LogP contribution is 2.15. The number of aliphatic carboxylic acids is 1. The van der Waals surface area contributed by atoms with Gasteiger partial charge in [-0.05, 0) is 24.3 Å². The van der Waals surface area contributed by atoms with Gasteiger partial charge in [-0.25, -0.2) is 4.79 Å². The number of nitrogens with one attached hydrogen (secondary N) is 1. The smallest absolute Gasteiger partial charge is 0.372 e. The Morgan fingerprint density at radius 1 is 0.568 bits per heavy atom. The molecule has 1 aromatic rings. The van der Waals surface area contributed by atoms with E-state index in [1.165, 1.54) is 6.92 Å². The zero-order chi connectivity index (χ0) is 32.1. The van der Waals surface area contributed by atoms with Crippen molar-refractivity contribution in [1.29, 1.82) is 0 Å². The summed E-state index contributed by atoms with van der Waals surface area (Å²) in [6.07, 6.45) is -0.665. The number of carboxylic acid groups (broad SMARTS) is 1. The van der Waals surface area contributed by atoms with Gasteiger partial charge in [0, 0.05) is 19.0 Å². The van der Waals surface area contributed by atoms with Crippen molar-refractivity contribution in [2.75, 3.05) is 111 Å². The molecule has 1 amide bonds. The van der Waals surface area contributed by atoms with Gasteiger partial charge >= 0.3 is 11.9 Å². The molecule has 0 heterocycles. The summed E-state index contributed by atoms with van der Waals surface area (Å²) >= 11 is 0. The van der Waals surface area contributed by atoms with Crippen LogP contribution in [0.3, 0.4) is 0 Å². The summed E-state index contributed by atoms with van der Waals surface area (Å²) in [5, 5.41) is 11.1. The molecule has 0 aliphatic rings. The van der Waals surface area contributed by atoms with Gasteiger partial charge in [-0.15, -0.1) is 0 Å².